The molecule has 2 fully saturated rings. The molecule has 174 valence electrons. The fraction of sp³-hybridized carbons (Fsp3) is 0.407. The number of nitrogens with zero attached hydrogens (tertiary/aromatic N) is 2. The Hall–Kier alpha value is -2.73. The Kier molecular flexibility index (Phi) is 8.10. The molecular weight excluding hydrogens is 432 g/mol. The van der Waals surface area contributed by atoms with Crippen LogP contribution in [0.2, 0.25) is 0 Å². The first-order valence-corrected chi connectivity index (χ1v) is 12.8. The number of hydrogen-bond donors (Lipinski definition) is 0. The molecule has 0 aliphatic carbocycles. The van der Waals surface area contributed by atoms with Gasteiger partial charge in [-0.25, -0.2) is 4.79 Å². The fourth-order valence-corrected chi connectivity index (χ4v) is 5.88. The van der Waals surface area contributed by atoms with E-state index in [4.69, 9.17) is 4.74 Å². The van der Waals surface area contributed by atoms with Crippen LogP contribution in [0, 0.1) is 0 Å². The molecule has 2 aromatic carbocycles. The Balaban J connectivity index is 1.48. The van der Waals surface area contributed by atoms with Gasteiger partial charge in [0.15, 0.2) is 0 Å². The van der Waals surface area contributed by atoms with Gasteiger partial charge in [-0.3, -0.25) is 4.79 Å². The minimum Gasteiger partial charge on any atom is -0.466 e. The van der Waals surface area contributed by atoms with Gasteiger partial charge < -0.3 is 14.5 Å². The van der Waals surface area contributed by atoms with Crippen molar-refractivity contribution in [3.8, 4) is 0 Å². The van der Waals surface area contributed by atoms with Crippen molar-refractivity contribution in [3.05, 3.63) is 82.8 Å². The molecule has 0 unspecified atom stereocenters. The van der Waals surface area contributed by atoms with E-state index in [1.54, 1.807) is 0 Å². The molecule has 0 bridgehead atoms. The van der Waals surface area contributed by atoms with E-state index in [1.165, 1.54) is 4.91 Å². The van der Waals surface area contributed by atoms with E-state index in [-0.39, 0.29) is 24.1 Å². The molecule has 5 nitrogen and oxygen atoms in total. The van der Waals surface area contributed by atoms with Crippen LogP contribution >= 0.6 is 11.8 Å². The summed E-state index contributed by atoms with van der Waals surface area (Å²) >= 11 is 1.85. The Morgan fingerprint density at radius 1 is 1.03 bits per heavy atom. The van der Waals surface area contributed by atoms with Crippen LogP contribution in [0.15, 0.2) is 71.6 Å². The van der Waals surface area contributed by atoms with Gasteiger partial charge in [-0.05, 0) is 30.4 Å². The van der Waals surface area contributed by atoms with Crippen LogP contribution in [0.4, 0.5) is 4.79 Å². The summed E-state index contributed by atoms with van der Waals surface area (Å²) in [6.07, 6.45) is 5.11. The Morgan fingerprint density at radius 2 is 1.67 bits per heavy atom. The van der Waals surface area contributed by atoms with Crippen molar-refractivity contribution in [3.63, 3.8) is 0 Å². The smallest absolute Gasteiger partial charge is 0.321 e. The van der Waals surface area contributed by atoms with Gasteiger partial charge in [0.05, 0.1) is 18.7 Å². The fourth-order valence-electron chi connectivity index (χ4n) is 4.46. The van der Waals surface area contributed by atoms with Crippen LogP contribution in [-0.2, 0) is 22.6 Å². The molecule has 2 saturated heterocycles. The predicted octanol–water partition coefficient (Wildman–Crippen LogP) is 5.62. The quantitative estimate of drug-likeness (QED) is 0.260. The maximum atomic E-state index is 13.5. The normalized spacial score (nSPS) is 21.0. The summed E-state index contributed by atoms with van der Waals surface area (Å²) in [5, 5.41) is 0. The molecule has 0 radical (unpaired) electrons. The lowest BCUT2D eigenvalue weighted by molar-refractivity contribution is -0.143. The molecule has 2 aliphatic rings. The van der Waals surface area contributed by atoms with Crippen LogP contribution in [0.3, 0.4) is 0 Å². The molecule has 0 aromatic heterocycles. The Labute approximate surface area is 200 Å². The lowest BCUT2D eigenvalue weighted by Crippen LogP contribution is -2.35. The highest BCUT2D eigenvalue weighted by Gasteiger charge is 2.50. The number of thioether (sulfide) groups is 1. The SMILES string of the molecule is CCCOC(=O)CCCC=C1SC[C@@H]2[C@H]1N(Cc1ccccc1)C(=O)N2Cc1ccccc1. The number of ether oxygens (including phenoxy) is 1. The van der Waals surface area contributed by atoms with Crippen molar-refractivity contribution in [2.75, 3.05) is 12.4 Å². The molecule has 2 aromatic rings. The summed E-state index contributed by atoms with van der Waals surface area (Å²) in [5.74, 6) is 0.779. The third-order valence-electron chi connectivity index (χ3n) is 6.09. The van der Waals surface area contributed by atoms with E-state index in [1.807, 2.05) is 64.9 Å². The summed E-state index contributed by atoms with van der Waals surface area (Å²) in [4.78, 5) is 30.7. The summed E-state index contributed by atoms with van der Waals surface area (Å²) in [6, 6.07) is 20.7. The Bertz CT molecular complexity index is 964. The van der Waals surface area contributed by atoms with E-state index in [0.29, 0.717) is 26.1 Å². The van der Waals surface area contributed by atoms with Crippen LogP contribution in [-0.4, -0.2) is 46.2 Å². The van der Waals surface area contributed by atoms with Gasteiger partial charge in [-0.15, -0.1) is 11.8 Å². The molecule has 4 rings (SSSR count). The van der Waals surface area contributed by atoms with E-state index in [0.717, 1.165) is 36.1 Å². The molecule has 6 heteroatoms. The third-order valence-corrected chi connectivity index (χ3v) is 7.34. The number of hydrogen-bond acceptors (Lipinski definition) is 4. The number of carbonyl (C=O) groups excluding carboxylic acids is 2. The number of amides is 2. The van der Waals surface area contributed by atoms with Crippen LogP contribution < -0.4 is 0 Å². The summed E-state index contributed by atoms with van der Waals surface area (Å²) < 4.78 is 5.18. The van der Waals surface area contributed by atoms with E-state index >= 15 is 0 Å². The number of carbonyl (C=O) groups is 2. The first-order chi connectivity index (χ1) is 16.2. The second kappa shape index (κ2) is 11.4. The molecule has 33 heavy (non-hydrogen) atoms. The minimum absolute atomic E-state index is 0.0680. The molecule has 0 saturated carbocycles. The van der Waals surface area contributed by atoms with Crippen molar-refractivity contribution in [2.45, 2.75) is 57.8 Å². The Morgan fingerprint density at radius 3 is 2.30 bits per heavy atom. The van der Waals surface area contributed by atoms with Gasteiger partial charge in [-0.1, -0.05) is 73.7 Å². The highest BCUT2D eigenvalue weighted by atomic mass is 32.2. The second-order valence-corrected chi connectivity index (χ2v) is 9.65. The first kappa shape index (κ1) is 23.4. The largest absolute Gasteiger partial charge is 0.466 e. The molecule has 2 atom stereocenters. The average molecular weight is 465 g/mol. The molecule has 2 heterocycles. The number of rotatable bonds is 10. The predicted molar refractivity (Wildman–Crippen MR) is 133 cm³/mol. The van der Waals surface area contributed by atoms with Gasteiger partial charge in [-0.2, -0.15) is 0 Å². The van der Waals surface area contributed by atoms with Crippen molar-refractivity contribution in [1.82, 2.24) is 9.80 Å². The maximum Gasteiger partial charge on any atom is 0.321 e. The lowest BCUT2D eigenvalue weighted by Gasteiger charge is -2.23. The van der Waals surface area contributed by atoms with Crippen LogP contribution in [0.5, 0.6) is 0 Å². The van der Waals surface area contributed by atoms with Crippen LogP contribution in [0.25, 0.3) is 0 Å². The summed E-state index contributed by atoms with van der Waals surface area (Å²) in [6.45, 7) is 3.72. The van der Waals surface area contributed by atoms with E-state index < -0.39 is 0 Å². The van der Waals surface area contributed by atoms with Gasteiger partial charge in [0, 0.05) is 30.2 Å². The van der Waals surface area contributed by atoms with Crippen molar-refractivity contribution < 1.29 is 14.3 Å². The molecule has 2 aliphatic heterocycles. The average Bonchev–Trinajstić information content (AvgIpc) is 3.36. The minimum atomic E-state index is -0.122. The van der Waals surface area contributed by atoms with Crippen molar-refractivity contribution in [2.24, 2.45) is 0 Å². The van der Waals surface area contributed by atoms with E-state index in [9.17, 15) is 9.59 Å². The van der Waals surface area contributed by atoms with Crippen LogP contribution in [0.1, 0.15) is 43.7 Å². The molecule has 0 N–H and O–H groups in total. The lowest BCUT2D eigenvalue weighted by atomic mass is 10.1. The topological polar surface area (TPSA) is 49.9 Å². The number of esters is 1. The van der Waals surface area contributed by atoms with Gasteiger partial charge in [0.25, 0.3) is 0 Å². The van der Waals surface area contributed by atoms with Gasteiger partial charge >= 0.3 is 12.0 Å². The molecule has 0 spiro atoms. The zero-order valence-corrected chi connectivity index (χ0v) is 20.0. The second-order valence-electron chi connectivity index (χ2n) is 8.55. The van der Waals surface area contributed by atoms with Gasteiger partial charge in [0.2, 0.25) is 0 Å². The first-order valence-electron chi connectivity index (χ1n) is 11.8. The molecular formula is C27H32N2O3S. The van der Waals surface area contributed by atoms with Gasteiger partial charge in [0.1, 0.15) is 0 Å². The number of fused-ring (bicyclic) bond motifs is 1. The summed E-state index contributed by atoms with van der Waals surface area (Å²) in [5.41, 5.74) is 2.29. The molecule has 2 amide bonds. The highest BCUT2D eigenvalue weighted by Crippen LogP contribution is 2.43. The highest BCUT2D eigenvalue weighted by molar-refractivity contribution is 8.03. The maximum absolute atomic E-state index is 13.5. The third kappa shape index (κ3) is 5.80. The van der Waals surface area contributed by atoms with Crippen molar-refractivity contribution in [1.29, 1.82) is 0 Å². The van der Waals surface area contributed by atoms with Crippen molar-refractivity contribution >= 4 is 23.8 Å². The monoisotopic (exact) mass is 464 g/mol. The van der Waals surface area contributed by atoms with E-state index in [2.05, 4.69) is 30.3 Å². The standard InChI is InChI=1S/C27H32N2O3S/c1-2-17-32-25(30)16-10-9-15-24-26-23(20-33-24)28(18-21-11-5-3-6-12-21)27(31)29(26)19-22-13-7-4-8-14-22/h3-8,11-15,23,26H,2,9-10,16-20H2,1H3/t23-,26-/m1/s1. The zero-order valence-electron chi connectivity index (χ0n) is 19.2. The summed E-state index contributed by atoms with van der Waals surface area (Å²) in [7, 11) is 0. The number of benzene rings is 2. The number of unbranched alkanes of at least 4 members (excludes halogenated alkanes) is 1. The number of urea groups is 1. The zero-order chi connectivity index (χ0) is 23.0. The number of allylic oxidation sites excluding steroid dienone is 1.